The number of amides is 1. The van der Waals surface area contributed by atoms with Gasteiger partial charge >= 0.3 is 0 Å². The van der Waals surface area contributed by atoms with Gasteiger partial charge in [-0.1, -0.05) is 11.8 Å². The fourth-order valence-corrected chi connectivity index (χ4v) is 4.33. The number of aryl methyl sites for hydroxylation is 1. The van der Waals surface area contributed by atoms with Gasteiger partial charge in [0.15, 0.2) is 14.6 Å². The average Bonchev–Trinajstić information content (AvgIpc) is 3.59. The van der Waals surface area contributed by atoms with Crippen LogP contribution >= 0.6 is 0 Å². The van der Waals surface area contributed by atoms with Crippen LogP contribution in [-0.2, 0) is 21.2 Å². The van der Waals surface area contributed by atoms with Crippen molar-refractivity contribution < 1.29 is 28.6 Å². The predicted molar refractivity (Wildman–Crippen MR) is 123 cm³/mol. The zero-order chi connectivity index (χ0) is 25.1. The molecule has 1 amide bonds. The topological polar surface area (TPSA) is 159 Å². The van der Waals surface area contributed by atoms with Crippen LogP contribution in [0.3, 0.4) is 0 Å². The molecule has 1 fully saturated rings. The molecule has 1 unspecified atom stereocenters. The number of rotatable bonds is 7. The zero-order valence-electron chi connectivity index (χ0n) is 18.6. The number of carbonyl (C=O) groups excluding carboxylic acids is 1. The van der Waals surface area contributed by atoms with Crippen molar-refractivity contribution in [3.63, 3.8) is 0 Å². The van der Waals surface area contributed by atoms with Crippen molar-refractivity contribution in [2.45, 2.75) is 37.2 Å². The molecule has 1 aliphatic rings. The maximum Gasteiger partial charge on any atom is 0.264 e. The second-order valence-corrected chi connectivity index (χ2v) is 10.9. The Kier molecular flexibility index (Phi) is 7.44. The second kappa shape index (κ2) is 9.95. The van der Waals surface area contributed by atoms with Gasteiger partial charge in [0, 0.05) is 30.2 Å². The Hall–Kier alpha value is -3.22. The van der Waals surface area contributed by atoms with E-state index in [1.165, 1.54) is 23.3 Å². The maximum absolute atomic E-state index is 12.8. The highest BCUT2D eigenvalue weighted by atomic mass is 32.2. The first-order valence-corrected chi connectivity index (χ1v) is 12.3. The van der Waals surface area contributed by atoms with E-state index < -0.39 is 32.2 Å². The average molecular weight is 488 g/mol. The molecule has 34 heavy (non-hydrogen) atoms. The van der Waals surface area contributed by atoms with Crippen molar-refractivity contribution in [3.05, 3.63) is 40.4 Å². The minimum Gasteiger partial charge on any atom is -0.394 e. The quantitative estimate of drug-likeness (QED) is 0.230. The molecule has 1 heterocycles. The summed E-state index contributed by atoms with van der Waals surface area (Å²) in [6.45, 7) is 0.789. The van der Waals surface area contributed by atoms with E-state index in [0.717, 1.165) is 12.7 Å². The molecule has 0 spiro atoms. The third-order valence-corrected chi connectivity index (χ3v) is 8.13. The van der Waals surface area contributed by atoms with Crippen LogP contribution in [0.5, 0.6) is 0 Å². The summed E-state index contributed by atoms with van der Waals surface area (Å²) in [6.07, 6.45) is 1.88. The van der Waals surface area contributed by atoms with Gasteiger partial charge in [0.25, 0.3) is 11.5 Å². The van der Waals surface area contributed by atoms with E-state index >= 15 is 0 Å². The summed E-state index contributed by atoms with van der Waals surface area (Å²) in [7, 11) is -3.89. The lowest BCUT2D eigenvalue weighted by molar-refractivity contribution is -0.131. The number of hydrogen-bond donors (Lipinski definition) is 4. The van der Waals surface area contributed by atoms with Crippen molar-refractivity contribution >= 4 is 26.6 Å². The smallest absolute Gasteiger partial charge is 0.264 e. The number of carbonyl (C=O) groups is 1. The number of nitrogens with zero attached hydrogens (tertiary/aromatic N) is 2. The van der Waals surface area contributed by atoms with Crippen molar-refractivity contribution in [1.82, 2.24) is 15.0 Å². The van der Waals surface area contributed by atoms with Crippen LogP contribution in [0.15, 0.2) is 29.3 Å². The van der Waals surface area contributed by atoms with Crippen LogP contribution in [0.25, 0.3) is 10.9 Å². The van der Waals surface area contributed by atoms with Crippen LogP contribution in [-0.4, -0.2) is 63.0 Å². The molecule has 1 aromatic heterocycles. The lowest BCUT2D eigenvalue weighted by Crippen LogP contribution is -2.50. The monoisotopic (exact) mass is 487 g/mol. The van der Waals surface area contributed by atoms with E-state index in [1.807, 2.05) is 0 Å². The molecule has 1 aromatic carbocycles. The maximum atomic E-state index is 12.8. The molecule has 180 valence electrons. The fraction of sp³-hybridized carbons (Fsp3) is 0.435. The summed E-state index contributed by atoms with van der Waals surface area (Å²) in [5, 5.41) is 27.7. The molecule has 1 saturated carbocycles. The molecular weight excluding hydrogens is 462 g/mol. The Morgan fingerprint density at radius 3 is 2.76 bits per heavy atom. The lowest BCUT2D eigenvalue weighted by Gasteiger charge is -2.25. The first-order valence-electron chi connectivity index (χ1n) is 10.5. The van der Waals surface area contributed by atoms with E-state index in [9.17, 15) is 23.1 Å². The fourth-order valence-electron chi connectivity index (χ4n) is 3.49. The number of hydrogen-bond acceptors (Lipinski definition) is 8. The van der Waals surface area contributed by atoms with E-state index in [0.29, 0.717) is 16.5 Å². The Morgan fingerprint density at radius 2 is 2.12 bits per heavy atom. The number of fused-ring (bicyclic) bond motifs is 1. The summed E-state index contributed by atoms with van der Waals surface area (Å²) in [6, 6.07) is 4.83. The van der Waals surface area contributed by atoms with E-state index in [2.05, 4.69) is 28.7 Å². The lowest BCUT2D eigenvalue weighted by atomic mass is 10.1. The summed E-state index contributed by atoms with van der Waals surface area (Å²) in [5.41, 5.74) is 1.96. The van der Waals surface area contributed by atoms with E-state index in [1.54, 1.807) is 18.2 Å². The Labute approximate surface area is 196 Å². The summed E-state index contributed by atoms with van der Waals surface area (Å²) >= 11 is 0. The van der Waals surface area contributed by atoms with Gasteiger partial charge in [-0.15, -0.1) is 0 Å². The molecule has 0 saturated heterocycles. The van der Waals surface area contributed by atoms with Gasteiger partial charge in [0.05, 0.1) is 29.9 Å². The van der Waals surface area contributed by atoms with Gasteiger partial charge in [-0.2, -0.15) is 0 Å². The Morgan fingerprint density at radius 1 is 1.38 bits per heavy atom. The second-order valence-electron chi connectivity index (χ2n) is 8.44. The molecule has 10 nitrogen and oxygen atoms in total. The molecule has 0 radical (unpaired) electrons. The number of benzene rings is 1. The largest absolute Gasteiger partial charge is 0.394 e. The number of sulfone groups is 1. The number of hydroxylamine groups is 1. The Balaban J connectivity index is 1.76. The minimum absolute atomic E-state index is 0.0142. The van der Waals surface area contributed by atoms with Gasteiger partial charge in [-0.3, -0.25) is 19.4 Å². The molecule has 0 aliphatic heterocycles. The number of nitrogens with one attached hydrogen (secondary N) is 1. The van der Waals surface area contributed by atoms with Gasteiger partial charge in [0.2, 0.25) is 0 Å². The molecule has 4 N–H and O–H groups in total. The first-order chi connectivity index (χ1) is 16.0. The van der Waals surface area contributed by atoms with Crippen molar-refractivity contribution in [1.29, 1.82) is 0 Å². The van der Waals surface area contributed by atoms with Crippen LogP contribution in [0.4, 0.5) is 0 Å². The SMILES string of the molecule is CC(CCn1cnc2cc(C#CC#C[C@@H]3C[C@H]3[C@H](O)CO)ccc2c1=O)(C(=O)NO)S(C)(=O)=O. The predicted octanol–water partition coefficient (Wildman–Crippen LogP) is -0.560. The minimum atomic E-state index is -3.89. The van der Waals surface area contributed by atoms with Crippen LogP contribution in [0, 0.1) is 35.5 Å². The van der Waals surface area contributed by atoms with E-state index in [-0.39, 0.29) is 31.4 Å². The highest BCUT2D eigenvalue weighted by molar-refractivity contribution is 7.92. The van der Waals surface area contributed by atoms with E-state index in [4.69, 9.17) is 10.3 Å². The third kappa shape index (κ3) is 5.29. The van der Waals surface area contributed by atoms with Gasteiger partial charge in [0.1, 0.15) is 0 Å². The van der Waals surface area contributed by atoms with Gasteiger partial charge in [-0.25, -0.2) is 18.9 Å². The van der Waals surface area contributed by atoms with Crippen LogP contribution < -0.4 is 11.0 Å². The van der Waals surface area contributed by atoms with Crippen molar-refractivity contribution in [2.24, 2.45) is 11.8 Å². The molecule has 4 atom stereocenters. The highest BCUT2D eigenvalue weighted by Gasteiger charge is 2.43. The van der Waals surface area contributed by atoms with Crippen LogP contribution in [0.1, 0.15) is 25.3 Å². The summed E-state index contributed by atoms with van der Waals surface area (Å²) in [5.74, 6) is 10.2. The zero-order valence-corrected chi connectivity index (χ0v) is 19.5. The molecule has 0 bridgehead atoms. The third-order valence-electron chi connectivity index (χ3n) is 6.10. The van der Waals surface area contributed by atoms with Gasteiger partial charge < -0.3 is 10.2 Å². The molecular formula is C23H25N3O7S. The van der Waals surface area contributed by atoms with Crippen LogP contribution in [0.2, 0.25) is 0 Å². The standard InChI is InChI=1S/C23H25N3O7S/c1-23(22(30)25-31,34(2,32)33)9-10-26-14-24-19-11-15(7-8-17(19)21(26)29)5-3-4-6-16-12-18(16)20(28)13-27/h7-8,11,14,16,18,20,27-28,31H,9-10,12-13H2,1-2H3,(H,25,30)/t16-,18-,20-,23?/m1/s1. The van der Waals surface area contributed by atoms with Crippen molar-refractivity contribution in [2.75, 3.05) is 12.9 Å². The first kappa shape index (κ1) is 25.4. The number of aromatic nitrogens is 2. The summed E-state index contributed by atoms with van der Waals surface area (Å²) < 4.78 is 23.5. The molecule has 1 aliphatic carbocycles. The normalized spacial score (nSPS) is 19.7. The number of aliphatic hydroxyl groups excluding tert-OH is 2. The molecule has 3 rings (SSSR count). The number of aliphatic hydroxyl groups is 2. The van der Waals surface area contributed by atoms with Gasteiger partial charge in [-0.05, 0) is 49.8 Å². The summed E-state index contributed by atoms with van der Waals surface area (Å²) in [4.78, 5) is 29.0. The molecule has 2 aromatic rings. The highest BCUT2D eigenvalue weighted by Crippen LogP contribution is 2.40. The van der Waals surface area contributed by atoms with Crippen molar-refractivity contribution in [3.8, 4) is 23.7 Å². The Bertz CT molecular complexity index is 1390. The molecule has 11 heteroatoms.